The van der Waals surface area contributed by atoms with Gasteiger partial charge in [0, 0.05) is 60.8 Å². The molecule has 0 aliphatic rings. The van der Waals surface area contributed by atoms with E-state index in [1.165, 1.54) is 0 Å². The summed E-state index contributed by atoms with van der Waals surface area (Å²) in [6.45, 7) is 0. The van der Waals surface area contributed by atoms with Crippen molar-refractivity contribution in [2.45, 2.75) is 23.7 Å². The van der Waals surface area contributed by atoms with Gasteiger partial charge in [0.2, 0.25) is 10.5 Å². The standard InChI is InChI=1S/C10H24O7Si4/c1-11-19(12-2)7-10(17-18,8-20(13-3)14-4)9-21(15-5)16-6/h7-9H2,1-6H3. The first-order valence-corrected chi connectivity index (χ1v) is 11.2. The van der Waals surface area contributed by atoms with Gasteiger partial charge in [-0.25, -0.2) is 0 Å². The molecule has 7 nitrogen and oxygen atoms in total. The molecule has 0 saturated carbocycles. The minimum Gasteiger partial charge on any atom is -0.414 e. The third-order valence-electron chi connectivity index (χ3n) is 2.98. The molecule has 0 fully saturated rings. The van der Waals surface area contributed by atoms with Gasteiger partial charge in [-0.1, -0.05) is 0 Å². The van der Waals surface area contributed by atoms with Crippen molar-refractivity contribution in [3.63, 3.8) is 0 Å². The summed E-state index contributed by atoms with van der Waals surface area (Å²) in [6, 6.07) is 1.78. The van der Waals surface area contributed by atoms with Gasteiger partial charge in [0.15, 0.2) is 0 Å². The molecule has 0 aliphatic carbocycles. The first-order chi connectivity index (χ1) is 10.0. The Morgan fingerprint density at radius 3 is 1.00 bits per heavy atom. The van der Waals surface area contributed by atoms with Crippen LogP contribution in [0.2, 0.25) is 18.1 Å². The molecule has 0 aliphatic heterocycles. The summed E-state index contributed by atoms with van der Waals surface area (Å²) in [5, 5.41) is 0. The molecule has 0 spiro atoms. The summed E-state index contributed by atoms with van der Waals surface area (Å²) in [6.07, 6.45) is 0. The average Bonchev–Trinajstić information content (AvgIpc) is 2.54. The fourth-order valence-electron chi connectivity index (χ4n) is 1.77. The molecule has 0 aromatic heterocycles. The predicted molar refractivity (Wildman–Crippen MR) is 83.3 cm³/mol. The van der Waals surface area contributed by atoms with Gasteiger partial charge < -0.3 is 31.0 Å². The Morgan fingerprint density at radius 2 is 0.857 bits per heavy atom. The number of rotatable bonds is 13. The summed E-state index contributed by atoms with van der Waals surface area (Å²) in [7, 11) is 8.62. The fourth-order valence-corrected chi connectivity index (χ4v) is 7.08. The largest absolute Gasteiger partial charge is 0.414 e. The lowest BCUT2D eigenvalue weighted by molar-refractivity contribution is 0.105. The Hall–Kier alpha value is 0.588. The zero-order valence-corrected chi connectivity index (χ0v) is 17.5. The van der Waals surface area contributed by atoms with Gasteiger partial charge in [-0.15, -0.1) is 0 Å². The normalized spacial score (nSPS) is 12.9. The van der Waals surface area contributed by atoms with E-state index in [0.29, 0.717) is 18.1 Å². The molecular formula is C10H24O7Si4. The zero-order valence-electron chi connectivity index (χ0n) is 13.5. The van der Waals surface area contributed by atoms with Crippen molar-refractivity contribution in [3.8, 4) is 0 Å². The van der Waals surface area contributed by atoms with Crippen molar-refractivity contribution in [1.82, 2.24) is 0 Å². The van der Waals surface area contributed by atoms with Gasteiger partial charge in [0.05, 0.1) is 5.60 Å². The Bertz CT molecular complexity index is 214. The highest BCUT2D eigenvalue weighted by Gasteiger charge is 2.42. The zero-order chi connectivity index (χ0) is 16.3. The molecule has 0 bridgehead atoms. The summed E-state index contributed by atoms with van der Waals surface area (Å²) in [5.74, 6) is 0. The highest BCUT2D eigenvalue weighted by Crippen LogP contribution is 2.31. The SMILES string of the molecule is CO[Si](CC(C[Si](OC)OC)(C[Si](OC)OC)O[Si])OC. The van der Waals surface area contributed by atoms with Crippen LogP contribution in [0.1, 0.15) is 0 Å². The van der Waals surface area contributed by atoms with Crippen molar-refractivity contribution in [2.75, 3.05) is 42.7 Å². The quantitative estimate of drug-likeness (QED) is 0.429. The lowest BCUT2D eigenvalue weighted by Crippen LogP contribution is -2.46. The third kappa shape index (κ3) is 7.60. The smallest absolute Gasteiger partial charge is 0.386 e. The van der Waals surface area contributed by atoms with E-state index in [2.05, 4.69) is 10.5 Å². The van der Waals surface area contributed by atoms with E-state index >= 15 is 0 Å². The van der Waals surface area contributed by atoms with Crippen LogP contribution in [0.3, 0.4) is 0 Å². The molecule has 0 aromatic rings. The Balaban J connectivity index is 5.14. The van der Waals surface area contributed by atoms with Crippen LogP contribution in [0.25, 0.3) is 0 Å². The fraction of sp³-hybridized carbons (Fsp3) is 1.00. The predicted octanol–water partition coefficient (Wildman–Crippen LogP) is 0.168. The first kappa shape index (κ1) is 21.6. The van der Waals surface area contributed by atoms with Gasteiger partial charge in [-0.05, 0) is 0 Å². The molecule has 21 heavy (non-hydrogen) atoms. The molecule has 11 heteroatoms. The van der Waals surface area contributed by atoms with Crippen molar-refractivity contribution in [1.29, 1.82) is 0 Å². The van der Waals surface area contributed by atoms with Crippen LogP contribution in [-0.2, 0) is 31.0 Å². The monoisotopic (exact) mass is 368 g/mol. The van der Waals surface area contributed by atoms with Gasteiger partial charge in [-0.2, -0.15) is 0 Å². The van der Waals surface area contributed by atoms with Crippen molar-refractivity contribution >= 4 is 38.3 Å². The lowest BCUT2D eigenvalue weighted by Gasteiger charge is -2.36. The number of hydrogen-bond acceptors (Lipinski definition) is 7. The molecule has 0 N–H and O–H groups in total. The number of hydrogen-bond donors (Lipinski definition) is 0. The van der Waals surface area contributed by atoms with Crippen LogP contribution in [-0.4, -0.2) is 86.6 Å². The van der Waals surface area contributed by atoms with Crippen LogP contribution in [0.4, 0.5) is 0 Å². The Morgan fingerprint density at radius 1 is 0.619 bits per heavy atom. The van der Waals surface area contributed by atoms with Crippen LogP contribution in [0, 0.1) is 0 Å². The average molecular weight is 369 g/mol. The Labute approximate surface area is 136 Å². The topological polar surface area (TPSA) is 64.6 Å². The second-order valence-electron chi connectivity index (χ2n) is 4.16. The van der Waals surface area contributed by atoms with Gasteiger partial charge in [0.1, 0.15) is 0 Å². The maximum atomic E-state index is 5.64. The van der Waals surface area contributed by atoms with Gasteiger partial charge >= 0.3 is 27.9 Å². The lowest BCUT2D eigenvalue weighted by atomic mass is 10.2. The van der Waals surface area contributed by atoms with Crippen molar-refractivity contribution < 1.29 is 31.0 Å². The molecule has 6 radical (unpaired) electrons. The molecule has 0 saturated heterocycles. The second kappa shape index (κ2) is 12.1. The first-order valence-electron chi connectivity index (χ1n) is 6.20. The van der Waals surface area contributed by atoms with Crippen LogP contribution in [0.15, 0.2) is 0 Å². The molecule has 0 rings (SSSR count). The van der Waals surface area contributed by atoms with Crippen LogP contribution < -0.4 is 0 Å². The molecule has 0 heterocycles. The van der Waals surface area contributed by atoms with E-state index in [-0.39, 0.29) is 0 Å². The van der Waals surface area contributed by atoms with E-state index in [0.717, 1.165) is 0 Å². The molecule has 0 atom stereocenters. The molecule has 122 valence electrons. The molecule has 0 unspecified atom stereocenters. The highest BCUT2D eigenvalue weighted by atomic mass is 28.3. The van der Waals surface area contributed by atoms with Crippen LogP contribution in [0.5, 0.6) is 0 Å². The van der Waals surface area contributed by atoms with E-state index in [4.69, 9.17) is 31.0 Å². The maximum absolute atomic E-state index is 5.64. The van der Waals surface area contributed by atoms with Gasteiger partial charge in [-0.3, -0.25) is 0 Å². The van der Waals surface area contributed by atoms with Gasteiger partial charge in [0.25, 0.3) is 0 Å². The molecular weight excluding hydrogens is 344 g/mol. The van der Waals surface area contributed by atoms with Crippen molar-refractivity contribution in [2.24, 2.45) is 0 Å². The van der Waals surface area contributed by atoms with E-state index in [1.54, 1.807) is 42.7 Å². The molecule has 0 amide bonds. The summed E-state index contributed by atoms with van der Waals surface area (Å²) >= 11 is 0. The van der Waals surface area contributed by atoms with Crippen LogP contribution >= 0.6 is 0 Å². The van der Waals surface area contributed by atoms with E-state index in [1.807, 2.05) is 0 Å². The minimum absolute atomic E-state index is 0.585. The minimum atomic E-state index is -1.46. The highest BCUT2D eigenvalue weighted by molar-refractivity contribution is 6.49. The van der Waals surface area contributed by atoms with E-state index in [9.17, 15) is 0 Å². The molecule has 0 aromatic carbocycles. The maximum Gasteiger partial charge on any atom is 0.386 e. The summed E-state index contributed by atoms with van der Waals surface area (Å²) < 4.78 is 38.0. The summed E-state index contributed by atoms with van der Waals surface area (Å²) in [5.41, 5.74) is -0.585. The third-order valence-corrected chi connectivity index (χ3v) is 8.95. The van der Waals surface area contributed by atoms with Crippen molar-refractivity contribution in [3.05, 3.63) is 0 Å². The Kier molecular flexibility index (Phi) is 12.4. The second-order valence-corrected chi connectivity index (χ2v) is 10.1. The van der Waals surface area contributed by atoms with E-state index < -0.39 is 33.5 Å². The summed E-state index contributed by atoms with van der Waals surface area (Å²) in [4.78, 5) is 0.